The van der Waals surface area contributed by atoms with E-state index in [1.807, 2.05) is 0 Å². The molecule has 1 aliphatic heterocycles. The predicted octanol–water partition coefficient (Wildman–Crippen LogP) is 1.45. The SMILES string of the molecule is Cc1ccc(C(=O)C2CCOC2=O)cc1O. The van der Waals surface area contributed by atoms with Gasteiger partial charge < -0.3 is 9.84 Å². The van der Waals surface area contributed by atoms with E-state index in [1.165, 1.54) is 6.07 Å². The van der Waals surface area contributed by atoms with E-state index in [9.17, 15) is 14.7 Å². The quantitative estimate of drug-likeness (QED) is 0.465. The van der Waals surface area contributed by atoms with Crippen LogP contribution in [-0.4, -0.2) is 23.5 Å². The Bertz CT molecular complexity index is 450. The second-order valence-corrected chi connectivity index (χ2v) is 3.87. The van der Waals surface area contributed by atoms with E-state index in [4.69, 9.17) is 4.74 Å². The minimum Gasteiger partial charge on any atom is -0.508 e. The van der Waals surface area contributed by atoms with Crippen LogP contribution in [0.2, 0.25) is 0 Å². The van der Waals surface area contributed by atoms with Crippen molar-refractivity contribution >= 4 is 11.8 Å². The van der Waals surface area contributed by atoms with Crippen LogP contribution in [0.5, 0.6) is 5.75 Å². The summed E-state index contributed by atoms with van der Waals surface area (Å²) in [5, 5.41) is 9.49. The second-order valence-electron chi connectivity index (χ2n) is 3.87. The number of hydrogen-bond acceptors (Lipinski definition) is 4. The first-order valence-electron chi connectivity index (χ1n) is 5.10. The second kappa shape index (κ2) is 3.96. The smallest absolute Gasteiger partial charge is 0.316 e. The van der Waals surface area contributed by atoms with Gasteiger partial charge in [0.2, 0.25) is 0 Å². The number of ether oxygens (including phenoxy) is 1. The molecule has 0 radical (unpaired) electrons. The molecule has 16 heavy (non-hydrogen) atoms. The van der Waals surface area contributed by atoms with Gasteiger partial charge in [0, 0.05) is 12.0 Å². The third-order valence-corrected chi connectivity index (χ3v) is 2.75. The third-order valence-electron chi connectivity index (χ3n) is 2.75. The fourth-order valence-corrected chi connectivity index (χ4v) is 1.70. The predicted molar refractivity (Wildman–Crippen MR) is 56.2 cm³/mol. The number of Topliss-reactive ketones (excluding diaryl/α,β-unsaturated/α-hetero) is 1. The van der Waals surface area contributed by atoms with Crippen molar-refractivity contribution in [2.75, 3.05) is 6.61 Å². The summed E-state index contributed by atoms with van der Waals surface area (Å²) in [4.78, 5) is 23.1. The van der Waals surface area contributed by atoms with E-state index in [0.29, 0.717) is 24.2 Å². The van der Waals surface area contributed by atoms with Gasteiger partial charge in [-0.15, -0.1) is 0 Å². The topological polar surface area (TPSA) is 63.6 Å². The molecule has 1 fully saturated rings. The van der Waals surface area contributed by atoms with Crippen molar-refractivity contribution in [3.63, 3.8) is 0 Å². The minimum absolute atomic E-state index is 0.0669. The minimum atomic E-state index is -0.706. The van der Waals surface area contributed by atoms with Crippen molar-refractivity contribution in [3.8, 4) is 5.75 Å². The number of benzene rings is 1. The number of hydrogen-bond donors (Lipinski definition) is 1. The molecule has 0 saturated carbocycles. The molecular weight excluding hydrogens is 208 g/mol. The van der Waals surface area contributed by atoms with E-state index >= 15 is 0 Å². The van der Waals surface area contributed by atoms with Gasteiger partial charge >= 0.3 is 5.97 Å². The number of ketones is 1. The van der Waals surface area contributed by atoms with Crippen molar-refractivity contribution in [2.45, 2.75) is 13.3 Å². The summed E-state index contributed by atoms with van der Waals surface area (Å²) in [6.45, 7) is 2.04. The Morgan fingerprint density at radius 3 is 2.81 bits per heavy atom. The lowest BCUT2D eigenvalue weighted by Gasteiger charge is -2.06. The van der Waals surface area contributed by atoms with E-state index in [2.05, 4.69) is 0 Å². The van der Waals surface area contributed by atoms with Gasteiger partial charge in [0.15, 0.2) is 5.78 Å². The van der Waals surface area contributed by atoms with Gasteiger partial charge in [-0.2, -0.15) is 0 Å². The van der Waals surface area contributed by atoms with Gasteiger partial charge in [-0.25, -0.2) is 0 Å². The fourth-order valence-electron chi connectivity index (χ4n) is 1.70. The van der Waals surface area contributed by atoms with Crippen LogP contribution < -0.4 is 0 Å². The van der Waals surface area contributed by atoms with Crippen LogP contribution in [0, 0.1) is 12.8 Å². The molecule has 1 heterocycles. The summed E-state index contributed by atoms with van der Waals surface area (Å²) in [5.74, 6) is -1.39. The van der Waals surface area contributed by atoms with E-state index in [-0.39, 0.29) is 11.5 Å². The largest absolute Gasteiger partial charge is 0.508 e. The van der Waals surface area contributed by atoms with Gasteiger partial charge in [-0.1, -0.05) is 12.1 Å². The molecule has 1 aromatic rings. The lowest BCUT2D eigenvalue weighted by Crippen LogP contribution is -2.19. The molecule has 0 aromatic heterocycles. The standard InChI is InChI=1S/C12H12O4/c1-7-2-3-8(6-10(7)13)11(14)9-4-5-16-12(9)15/h2-3,6,9,13H,4-5H2,1H3. The summed E-state index contributed by atoms with van der Waals surface area (Å²) in [5.41, 5.74) is 1.05. The number of aryl methyl sites for hydroxylation is 1. The summed E-state index contributed by atoms with van der Waals surface area (Å²) in [6, 6.07) is 4.66. The van der Waals surface area contributed by atoms with Gasteiger partial charge in [-0.3, -0.25) is 9.59 Å². The highest BCUT2D eigenvalue weighted by molar-refractivity contribution is 6.09. The van der Waals surface area contributed by atoms with E-state index in [1.54, 1.807) is 19.1 Å². The Labute approximate surface area is 92.8 Å². The molecule has 4 nitrogen and oxygen atoms in total. The molecular formula is C12H12O4. The molecule has 0 spiro atoms. The number of cyclic esters (lactones) is 1. The third kappa shape index (κ3) is 1.78. The maximum atomic E-state index is 11.9. The van der Waals surface area contributed by atoms with E-state index in [0.717, 1.165) is 0 Å². The lowest BCUT2D eigenvalue weighted by molar-refractivity contribution is -0.140. The summed E-state index contributed by atoms with van der Waals surface area (Å²) in [6.07, 6.45) is 0.423. The van der Waals surface area contributed by atoms with Crippen molar-refractivity contribution in [1.29, 1.82) is 0 Å². The zero-order chi connectivity index (χ0) is 11.7. The highest BCUT2D eigenvalue weighted by atomic mass is 16.5. The van der Waals surface area contributed by atoms with Crippen LogP contribution in [0.4, 0.5) is 0 Å². The Morgan fingerprint density at radius 2 is 2.25 bits per heavy atom. The number of carbonyl (C=O) groups is 2. The first kappa shape index (κ1) is 10.7. The Kier molecular flexibility index (Phi) is 2.64. The molecule has 1 atom stereocenters. The average molecular weight is 220 g/mol. The molecule has 4 heteroatoms. The van der Waals surface area contributed by atoms with Gasteiger partial charge in [0.05, 0.1) is 6.61 Å². The molecule has 0 bridgehead atoms. The van der Waals surface area contributed by atoms with Crippen molar-refractivity contribution in [2.24, 2.45) is 5.92 Å². The molecule has 0 amide bonds. The fraction of sp³-hybridized carbons (Fsp3) is 0.333. The monoisotopic (exact) mass is 220 g/mol. The number of aromatic hydroxyl groups is 1. The maximum absolute atomic E-state index is 11.9. The van der Waals surface area contributed by atoms with Gasteiger partial charge in [-0.05, 0) is 18.6 Å². The Hall–Kier alpha value is -1.84. The summed E-state index contributed by atoms with van der Waals surface area (Å²) in [7, 11) is 0. The van der Waals surface area contributed by atoms with Crippen LogP contribution in [0.25, 0.3) is 0 Å². The zero-order valence-electron chi connectivity index (χ0n) is 8.90. The van der Waals surface area contributed by atoms with Crippen molar-refractivity contribution in [1.82, 2.24) is 0 Å². The number of phenols is 1. The number of esters is 1. The molecule has 1 unspecified atom stereocenters. The molecule has 84 valence electrons. The van der Waals surface area contributed by atoms with Crippen LogP contribution in [0.15, 0.2) is 18.2 Å². The lowest BCUT2D eigenvalue weighted by atomic mass is 9.95. The molecule has 1 aromatic carbocycles. The van der Waals surface area contributed by atoms with Gasteiger partial charge in [0.25, 0.3) is 0 Å². The summed E-state index contributed by atoms with van der Waals surface area (Å²) < 4.78 is 4.74. The molecule has 0 aliphatic carbocycles. The first-order chi connectivity index (χ1) is 7.59. The normalized spacial score (nSPS) is 19.6. The van der Waals surface area contributed by atoms with Crippen LogP contribution in [0.1, 0.15) is 22.3 Å². The molecule has 1 aliphatic rings. The molecule has 1 saturated heterocycles. The summed E-state index contributed by atoms with van der Waals surface area (Å²) >= 11 is 0. The number of phenolic OH excluding ortho intramolecular Hbond substituents is 1. The highest BCUT2D eigenvalue weighted by Gasteiger charge is 2.33. The zero-order valence-corrected chi connectivity index (χ0v) is 8.90. The van der Waals surface area contributed by atoms with Crippen LogP contribution in [-0.2, 0) is 9.53 Å². The average Bonchev–Trinajstić information content (AvgIpc) is 2.67. The highest BCUT2D eigenvalue weighted by Crippen LogP contribution is 2.23. The molecule has 1 N–H and O–H groups in total. The van der Waals surface area contributed by atoms with Crippen LogP contribution >= 0.6 is 0 Å². The maximum Gasteiger partial charge on any atom is 0.316 e. The van der Waals surface area contributed by atoms with Crippen LogP contribution in [0.3, 0.4) is 0 Å². The Morgan fingerprint density at radius 1 is 1.50 bits per heavy atom. The first-order valence-corrected chi connectivity index (χ1v) is 5.10. The van der Waals surface area contributed by atoms with Crippen molar-refractivity contribution < 1.29 is 19.4 Å². The van der Waals surface area contributed by atoms with Crippen molar-refractivity contribution in [3.05, 3.63) is 29.3 Å². The Balaban J connectivity index is 2.27. The number of carbonyl (C=O) groups excluding carboxylic acids is 2. The molecule has 2 rings (SSSR count). The van der Waals surface area contributed by atoms with E-state index < -0.39 is 11.9 Å². The van der Waals surface area contributed by atoms with Gasteiger partial charge in [0.1, 0.15) is 11.7 Å². The number of rotatable bonds is 2.